The monoisotopic (exact) mass is 413 g/mol. The molecule has 0 atom stereocenters. The van der Waals surface area contributed by atoms with E-state index < -0.39 is 0 Å². The summed E-state index contributed by atoms with van der Waals surface area (Å²) in [7, 11) is 5.13. The Balaban J connectivity index is 1.77. The van der Waals surface area contributed by atoms with Crippen LogP contribution in [0, 0.1) is 0 Å². The Morgan fingerprint density at radius 3 is 2.28 bits per heavy atom. The number of ether oxygens (including phenoxy) is 2. The Morgan fingerprint density at radius 2 is 1.66 bits per heavy atom. The summed E-state index contributed by atoms with van der Waals surface area (Å²) in [4.78, 5) is 33.2. The molecule has 2 aliphatic rings. The molecule has 0 bridgehead atoms. The number of nitrogens with zero attached hydrogens (tertiary/aromatic N) is 3. The molecule has 1 aromatic heterocycles. The lowest BCUT2D eigenvalue weighted by molar-refractivity contribution is -0.120. The second-order valence-corrected chi connectivity index (χ2v) is 7.92. The van der Waals surface area contributed by atoms with Gasteiger partial charge < -0.3 is 19.3 Å². The van der Waals surface area contributed by atoms with Crippen molar-refractivity contribution in [2.75, 3.05) is 52.3 Å². The second kappa shape index (κ2) is 7.88. The van der Waals surface area contributed by atoms with Crippen LogP contribution in [-0.2, 0) is 9.59 Å². The van der Waals surface area contributed by atoms with Crippen LogP contribution in [0.1, 0.15) is 4.88 Å². The van der Waals surface area contributed by atoms with Crippen LogP contribution in [-0.4, -0.2) is 69.1 Å². The summed E-state index contributed by atoms with van der Waals surface area (Å²) in [5.74, 6) is 0.408. The predicted octanol–water partition coefficient (Wildman–Crippen LogP) is 2.30. The predicted molar refractivity (Wildman–Crippen MR) is 112 cm³/mol. The number of hydrogen-bond donors (Lipinski definition) is 0. The number of hydrogen-bond acceptors (Lipinski definition) is 7. The molecule has 1 saturated heterocycles. The van der Waals surface area contributed by atoms with Gasteiger partial charge in [-0.3, -0.25) is 9.59 Å². The van der Waals surface area contributed by atoms with E-state index in [0.717, 1.165) is 18.0 Å². The molecule has 1 fully saturated rings. The van der Waals surface area contributed by atoms with Gasteiger partial charge in [0.2, 0.25) is 0 Å². The van der Waals surface area contributed by atoms with Gasteiger partial charge >= 0.3 is 0 Å². The number of carbonyl (C=O) groups is 2. The lowest BCUT2D eigenvalue weighted by Crippen LogP contribution is -2.46. The summed E-state index contributed by atoms with van der Waals surface area (Å²) in [6, 6.07) is 8.85. The average Bonchev–Trinajstić information content (AvgIpc) is 3.34. The number of benzene rings is 1. The first-order valence-electron chi connectivity index (χ1n) is 9.37. The van der Waals surface area contributed by atoms with Crippen molar-refractivity contribution in [1.82, 2.24) is 9.80 Å². The minimum Gasteiger partial charge on any atom is -0.493 e. The second-order valence-electron chi connectivity index (χ2n) is 6.98. The number of carbonyl (C=O) groups excluding carboxylic acids is 2. The molecular weight excluding hydrogens is 390 g/mol. The molecule has 0 unspecified atom stereocenters. The molecule has 8 heteroatoms. The maximum Gasteiger partial charge on any atom is 0.282 e. The van der Waals surface area contributed by atoms with E-state index >= 15 is 0 Å². The number of likely N-dealkylation sites (N-methyl/N-ethyl adjacent to an activating group) is 1. The van der Waals surface area contributed by atoms with Crippen molar-refractivity contribution in [2.45, 2.75) is 0 Å². The van der Waals surface area contributed by atoms with Gasteiger partial charge in [-0.1, -0.05) is 6.07 Å². The van der Waals surface area contributed by atoms with Crippen LogP contribution in [0.25, 0.3) is 5.57 Å². The normalized spacial score (nSPS) is 18.0. The highest BCUT2D eigenvalue weighted by molar-refractivity contribution is 7.11. The molecule has 4 rings (SSSR count). The molecule has 3 heterocycles. The fraction of sp³-hybridized carbons (Fsp3) is 0.333. The highest BCUT2D eigenvalue weighted by atomic mass is 32.1. The van der Waals surface area contributed by atoms with Crippen molar-refractivity contribution in [1.29, 1.82) is 0 Å². The summed E-state index contributed by atoms with van der Waals surface area (Å²) in [5, 5.41) is 1.92. The quantitative estimate of drug-likeness (QED) is 0.701. The summed E-state index contributed by atoms with van der Waals surface area (Å²) >= 11 is 1.47. The molecule has 2 aliphatic heterocycles. The first-order chi connectivity index (χ1) is 14.0. The highest BCUT2D eigenvalue weighted by Gasteiger charge is 2.43. The van der Waals surface area contributed by atoms with E-state index in [1.807, 2.05) is 22.4 Å². The third-order valence-corrected chi connectivity index (χ3v) is 6.16. The van der Waals surface area contributed by atoms with Crippen LogP contribution in [0.4, 0.5) is 5.69 Å². The zero-order valence-electron chi connectivity index (χ0n) is 16.7. The number of thiophene rings is 1. The first-order valence-corrected chi connectivity index (χ1v) is 10.3. The van der Waals surface area contributed by atoms with Gasteiger partial charge in [0.1, 0.15) is 5.70 Å². The molecule has 2 aromatic rings. The van der Waals surface area contributed by atoms with Crippen LogP contribution in [0.15, 0.2) is 41.4 Å². The first kappa shape index (κ1) is 19.5. The summed E-state index contributed by atoms with van der Waals surface area (Å²) in [5.41, 5.74) is 1.43. The third kappa shape index (κ3) is 3.38. The minimum atomic E-state index is -0.307. The third-order valence-electron chi connectivity index (χ3n) is 5.27. The van der Waals surface area contributed by atoms with E-state index in [1.54, 1.807) is 25.3 Å². The van der Waals surface area contributed by atoms with Gasteiger partial charge in [-0.25, -0.2) is 4.90 Å². The lowest BCUT2D eigenvalue weighted by Gasteiger charge is -2.34. The van der Waals surface area contributed by atoms with E-state index in [9.17, 15) is 9.59 Å². The molecule has 0 aliphatic carbocycles. The maximum atomic E-state index is 13.5. The van der Waals surface area contributed by atoms with Crippen LogP contribution in [0.3, 0.4) is 0 Å². The van der Waals surface area contributed by atoms with Gasteiger partial charge in [-0.15, -0.1) is 11.3 Å². The van der Waals surface area contributed by atoms with E-state index in [1.165, 1.54) is 23.3 Å². The van der Waals surface area contributed by atoms with Gasteiger partial charge in [0.15, 0.2) is 11.5 Å². The van der Waals surface area contributed by atoms with Crippen LogP contribution in [0.2, 0.25) is 0 Å². The van der Waals surface area contributed by atoms with Crippen molar-refractivity contribution in [3.8, 4) is 11.5 Å². The summed E-state index contributed by atoms with van der Waals surface area (Å²) in [6.07, 6.45) is 0. The molecule has 1 aromatic carbocycles. The van der Waals surface area contributed by atoms with Crippen LogP contribution < -0.4 is 14.4 Å². The van der Waals surface area contributed by atoms with Gasteiger partial charge in [0.05, 0.1) is 25.5 Å². The number of imide groups is 1. The Hall–Kier alpha value is -2.84. The molecule has 0 saturated carbocycles. The molecular formula is C21H23N3O4S. The van der Waals surface area contributed by atoms with Crippen molar-refractivity contribution >= 4 is 34.4 Å². The minimum absolute atomic E-state index is 0.296. The van der Waals surface area contributed by atoms with Gasteiger partial charge in [0, 0.05) is 37.1 Å². The number of piperazine rings is 1. The van der Waals surface area contributed by atoms with E-state index in [2.05, 4.69) is 11.9 Å². The molecule has 0 spiro atoms. The number of amides is 2. The molecule has 29 heavy (non-hydrogen) atoms. The van der Waals surface area contributed by atoms with E-state index in [0.29, 0.717) is 41.5 Å². The maximum absolute atomic E-state index is 13.5. The Labute approximate surface area is 173 Å². The van der Waals surface area contributed by atoms with Gasteiger partial charge in [-0.05, 0) is 30.6 Å². The summed E-state index contributed by atoms with van der Waals surface area (Å²) in [6.45, 7) is 3.11. The van der Waals surface area contributed by atoms with Crippen LogP contribution in [0.5, 0.6) is 11.5 Å². The van der Waals surface area contributed by atoms with E-state index in [4.69, 9.17) is 9.47 Å². The van der Waals surface area contributed by atoms with Crippen molar-refractivity contribution in [3.63, 3.8) is 0 Å². The summed E-state index contributed by atoms with van der Waals surface area (Å²) < 4.78 is 10.6. The fourth-order valence-corrected chi connectivity index (χ4v) is 4.45. The number of rotatable bonds is 5. The van der Waals surface area contributed by atoms with E-state index in [-0.39, 0.29) is 11.8 Å². The van der Waals surface area contributed by atoms with Gasteiger partial charge in [0.25, 0.3) is 11.8 Å². The SMILES string of the molecule is COc1ccc(N2C(=O)C(c3cccs3)=C(N3CCN(C)CC3)C2=O)cc1OC. The highest BCUT2D eigenvalue weighted by Crippen LogP contribution is 2.39. The molecule has 0 N–H and O–H groups in total. The Bertz CT molecular complexity index is 962. The number of anilines is 1. The molecule has 7 nitrogen and oxygen atoms in total. The zero-order chi connectivity index (χ0) is 20.5. The molecule has 152 valence electrons. The smallest absolute Gasteiger partial charge is 0.282 e. The van der Waals surface area contributed by atoms with Crippen molar-refractivity contribution < 1.29 is 19.1 Å². The zero-order valence-corrected chi connectivity index (χ0v) is 17.5. The van der Waals surface area contributed by atoms with Crippen molar-refractivity contribution in [3.05, 3.63) is 46.3 Å². The largest absolute Gasteiger partial charge is 0.493 e. The Kier molecular flexibility index (Phi) is 5.29. The van der Waals surface area contributed by atoms with Crippen LogP contribution >= 0.6 is 11.3 Å². The average molecular weight is 413 g/mol. The van der Waals surface area contributed by atoms with Crippen molar-refractivity contribution in [2.24, 2.45) is 0 Å². The fourth-order valence-electron chi connectivity index (χ4n) is 3.68. The van der Waals surface area contributed by atoms with Gasteiger partial charge in [-0.2, -0.15) is 0 Å². The topological polar surface area (TPSA) is 62.3 Å². The Morgan fingerprint density at radius 1 is 0.931 bits per heavy atom. The molecule has 2 amide bonds. The molecule has 0 radical (unpaired) electrons. The standard InChI is InChI=1S/C21H23N3O4S/c1-22-8-10-23(11-9-22)19-18(17-5-4-12-29-17)20(25)24(21(19)26)14-6-7-15(27-2)16(13-14)28-3/h4-7,12-13H,8-11H2,1-3H3. The lowest BCUT2D eigenvalue weighted by atomic mass is 10.1. The number of methoxy groups -OCH3 is 2.